The SMILES string of the molecule is COC(=O)c1cc(-c2ccc(OC)cc2OC)nc2c1c(C)nn2C1CCS(=O)(=O)C1. The number of carbonyl (C=O) groups is 1. The summed E-state index contributed by atoms with van der Waals surface area (Å²) >= 11 is 0. The quantitative estimate of drug-likeness (QED) is 0.551. The maximum absolute atomic E-state index is 12.6. The summed E-state index contributed by atoms with van der Waals surface area (Å²) in [5, 5.41) is 5.10. The van der Waals surface area contributed by atoms with Crippen molar-refractivity contribution in [2.24, 2.45) is 0 Å². The summed E-state index contributed by atoms with van der Waals surface area (Å²) in [6.07, 6.45) is 0.448. The minimum absolute atomic E-state index is 0.00541. The molecule has 1 aliphatic heterocycles. The zero-order valence-corrected chi connectivity index (χ0v) is 18.5. The van der Waals surface area contributed by atoms with E-state index < -0.39 is 15.8 Å². The third-order valence-corrected chi connectivity index (χ3v) is 7.23. The van der Waals surface area contributed by atoms with Gasteiger partial charge in [0.05, 0.1) is 61.2 Å². The Bertz CT molecular complexity index is 1280. The maximum atomic E-state index is 12.6. The van der Waals surface area contributed by atoms with Gasteiger partial charge in [-0.05, 0) is 31.5 Å². The van der Waals surface area contributed by atoms with Gasteiger partial charge in [-0.1, -0.05) is 0 Å². The van der Waals surface area contributed by atoms with Crippen LogP contribution in [0.1, 0.15) is 28.5 Å². The van der Waals surface area contributed by atoms with Gasteiger partial charge in [-0.15, -0.1) is 0 Å². The Balaban J connectivity index is 1.98. The second kappa shape index (κ2) is 7.84. The standard InChI is InChI=1S/C21H23N3O6S/c1-12-19-16(21(25)30-4)10-17(15-6-5-14(28-2)9-18(15)29-3)22-20(19)24(23-12)13-7-8-31(26,27)11-13/h5-6,9-10,13H,7-8,11H2,1-4H3. The number of hydrogen-bond donors (Lipinski definition) is 0. The van der Waals surface area contributed by atoms with E-state index in [2.05, 4.69) is 5.10 Å². The summed E-state index contributed by atoms with van der Waals surface area (Å²) in [5.74, 6) is 0.714. The first kappa shape index (κ1) is 21.1. The van der Waals surface area contributed by atoms with Crippen LogP contribution in [0.2, 0.25) is 0 Å². The predicted octanol–water partition coefficient (Wildman–Crippen LogP) is 2.57. The highest BCUT2D eigenvalue weighted by Gasteiger charge is 2.32. The zero-order valence-electron chi connectivity index (χ0n) is 17.7. The number of hydrogen-bond acceptors (Lipinski definition) is 8. The van der Waals surface area contributed by atoms with Crippen molar-refractivity contribution in [1.82, 2.24) is 14.8 Å². The van der Waals surface area contributed by atoms with Crippen LogP contribution < -0.4 is 9.47 Å². The maximum Gasteiger partial charge on any atom is 0.338 e. The molecule has 9 nitrogen and oxygen atoms in total. The lowest BCUT2D eigenvalue weighted by molar-refractivity contribution is 0.0603. The highest BCUT2D eigenvalue weighted by molar-refractivity contribution is 7.91. The Morgan fingerprint density at radius 1 is 1.16 bits per heavy atom. The van der Waals surface area contributed by atoms with Gasteiger partial charge in [0.1, 0.15) is 11.5 Å². The van der Waals surface area contributed by atoms with Crippen molar-refractivity contribution in [3.8, 4) is 22.8 Å². The van der Waals surface area contributed by atoms with Crippen LogP contribution in [0.5, 0.6) is 11.5 Å². The monoisotopic (exact) mass is 445 g/mol. The Morgan fingerprint density at radius 2 is 1.94 bits per heavy atom. The minimum Gasteiger partial charge on any atom is -0.497 e. The third-order valence-electron chi connectivity index (χ3n) is 5.48. The first-order valence-corrected chi connectivity index (χ1v) is 11.5. The summed E-state index contributed by atoms with van der Waals surface area (Å²) in [6, 6.07) is 6.59. The lowest BCUT2D eigenvalue weighted by Crippen LogP contribution is -2.13. The van der Waals surface area contributed by atoms with Crippen molar-refractivity contribution in [3.05, 3.63) is 35.5 Å². The van der Waals surface area contributed by atoms with Crippen molar-refractivity contribution in [1.29, 1.82) is 0 Å². The number of aryl methyl sites for hydroxylation is 1. The molecule has 3 heterocycles. The van der Waals surface area contributed by atoms with Crippen molar-refractivity contribution < 1.29 is 27.4 Å². The molecule has 0 radical (unpaired) electrons. The molecule has 0 amide bonds. The molecular weight excluding hydrogens is 422 g/mol. The van der Waals surface area contributed by atoms with E-state index >= 15 is 0 Å². The van der Waals surface area contributed by atoms with Gasteiger partial charge in [0, 0.05) is 11.6 Å². The summed E-state index contributed by atoms with van der Waals surface area (Å²) < 4.78 is 41.5. The van der Waals surface area contributed by atoms with Crippen LogP contribution in [0.3, 0.4) is 0 Å². The fraction of sp³-hybridized carbons (Fsp3) is 0.381. The van der Waals surface area contributed by atoms with Crippen LogP contribution in [0.4, 0.5) is 0 Å². The second-order valence-corrected chi connectivity index (χ2v) is 9.63. The first-order valence-electron chi connectivity index (χ1n) is 9.69. The minimum atomic E-state index is -3.13. The molecule has 31 heavy (non-hydrogen) atoms. The molecule has 0 aliphatic carbocycles. The number of fused-ring (bicyclic) bond motifs is 1. The molecule has 3 aromatic rings. The molecule has 1 aliphatic rings. The Labute approximate surface area is 179 Å². The second-order valence-electron chi connectivity index (χ2n) is 7.40. The van der Waals surface area contributed by atoms with E-state index in [1.165, 1.54) is 14.2 Å². The smallest absolute Gasteiger partial charge is 0.338 e. The van der Waals surface area contributed by atoms with Crippen molar-refractivity contribution in [2.75, 3.05) is 32.8 Å². The van der Waals surface area contributed by atoms with Gasteiger partial charge >= 0.3 is 5.97 Å². The average Bonchev–Trinajstić information content (AvgIpc) is 3.30. The third kappa shape index (κ3) is 3.71. The molecule has 1 aromatic carbocycles. The van der Waals surface area contributed by atoms with Gasteiger partial charge < -0.3 is 14.2 Å². The molecule has 10 heteroatoms. The Kier molecular flexibility index (Phi) is 5.34. The first-order chi connectivity index (χ1) is 14.8. The van der Waals surface area contributed by atoms with E-state index in [4.69, 9.17) is 19.2 Å². The Hall–Kier alpha value is -3.14. The largest absolute Gasteiger partial charge is 0.497 e. The van der Waals surface area contributed by atoms with Crippen LogP contribution >= 0.6 is 0 Å². The molecule has 164 valence electrons. The number of methoxy groups -OCH3 is 3. The highest BCUT2D eigenvalue weighted by Crippen LogP contribution is 2.36. The molecule has 1 unspecified atom stereocenters. The fourth-order valence-electron chi connectivity index (χ4n) is 3.95. The number of benzene rings is 1. The molecule has 0 spiro atoms. The molecule has 1 fully saturated rings. The van der Waals surface area contributed by atoms with Crippen LogP contribution in [0.15, 0.2) is 24.3 Å². The summed E-state index contributed by atoms with van der Waals surface area (Å²) in [7, 11) is 1.28. The number of nitrogens with zero attached hydrogens (tertiary/aromatic N) is 3. The molecular formula is C21H23N3O6S. The lowest BCUT2D eigenvalue weighted by Gasteiger charge is -2.13. The molecule has 1 saturated heterocycles. The molecule has 0 bridgehead atoms. The van der Waals surface area contributed by atoms with E-state index in [9.17, 15) is 13.2 Å². The van der Waals surface area contributed by atoms with Crippen molar-refractivity contribution >= 4 is 26.8 Å². The van der Waals surface area contributed by atoms with Gasteiger partial charge in [-0.3, -0.25) is 0 Å². The van der Waals surface area contributed by atoms with E-state index in [1.54, 1.807) is 43.0 Å². The van der Waals surface area contributed by atoms with Crippen LogP contribution in [-0.4, -0.2) is 62.0 Å². The number of esters is 1. The summed E-state index contributed by atoms with van der Waals surface area (Å²) in [4.78, 5) is 17.4. The highest BCUT2D eigenvalue weighted by atomic mass is 32.2. The van der Waals surface area contributed by atoms with Crippen molar-refractivity contribution in [3.63, 3.8) is 0 Å². The number of sulfone groups is 1. The van der Waals surface area contributed by atoms with Gasteiger partial charge in [0.2, 0.25) is 0 Å². The predicted molar refractivity (Wildman–Crippen MR) is 114 cm³/mol. The number of pyridine rings is 1. The zero-order chi connectivity index (χ0) is 22.3. The van der Waals surface area contributed by atoms with E-state index in [-0.39, 0.29) is 17.5 Å². The molecule has 2 aromatic heterocycles. The van der Waals surface area contributed by atoms with Gasteiger partial charge in [-0.2, -0.15) is 5.10 Å². The average molecular weight is 445 g/mol. The topological polar surface area (TPSA) is 110 Å². The van der Waals surface area contributed by atoms with Crippen LogP contribution in [-0.2, 0) is 14.6 Å². The van der Waals surface area contributed by atoms with Gasteiger partial charge in [-0.25, -0.2) is 22.9 Å². The van der Waals surface area contributed by atoms with E-state index in [0.717, 1.165) is 0 Å². The fourth-order valence-corrected chi connectivity index (χ4v) is 5.65. The summed E-state index contributed by atoms with van der Waals surface area (Å²) in [6.45, 7) is 1.77. The van der Waals surface area contributed by atoms with Gasteiger partial charge in [0.15, 0.2) is 15.5 Å². The molecule has 1 atom stereocenters. The van der Waals surface area contributed by atoms with E-state index in [1.807, 2.05) is 0 Å². The molecule has 4 rings (SSSR count). The summed E-state index contributed by atoms with van der Waals surface area (Å²) in [5.41, 5.74) is 2.47. The molecule has 0 saturated carbocycles. The normalized spacial score (nSPS) is 17.6. The number of rotatable bonds is 5. The van der Waals surface area contributed by atoms with Crippen molar-refractivity contribution in [2.45, 2.75) is 19.4 Å². The Morgan fingerprint density at radius 3 is 2.55 bits per heavy atom. The van der Waals surface area contributed by atoms with Gasteiger partial charge in [0.25, 0.3) is 0 Å². The van der Waals surface area contributed by atoms with Crippen LogP contribution in [0, 0.1) is 6.92 Å². The number of aromatic nitrogens is 3. The molecule has 0 N–H and O–H groups in total. The lowest BCUT2D eigenvalue weighted by atomic mass is 10.0. The number of ether oxygens (including phenoxy) is 3. The number of carbonyl (C=O) groups excluding carboxylic acids is 1. The van der Waals surface area contributed by atoms with E-state index in [0.29, 0.717) is 51.5 Å². The van der Waals surface area contributed by atoms with Crippen LogP contribution in [0.25, 0.3) is 22.3 Å².